The molecule has 2 heterocycles. The highest BCUT2D eigenvalue weighted by Gasteiger charge is 2.30. The standard InChI is InChI=1S/C28H31N5OS/c1-32-10-12-33(13-11-32)19-21-4-8-23(9-5-21)22-6-2-20(3-7-22)14-26(17-29)31-28(34)24-15-25-18-30-35-27(25)16-24/h2-9,18,24,26H,10-16,19H2,1H3,(H,31,34). The number of likely N-dealkylation sites (N-methyl/N-ethyl adjacent to an activating group) is 1. The Kier molecular flexibility index (Phi) is 7.24. The lowest BCUT2D eigenvalue weighted by atomic mass is 9.99. The first-order valence-electron chi connectivity index (χ1n) is 12.3. The number of aromatic nitrogens is 1. The number of nitrogens with zero attached hydrogens (tertiary/aromatic N) is 4. The zero-order valence-corrected chi connectivity index (χ0v) is 20.9. The van der Waals surface area contributed by atoms with Crippen LogP contribution in [0.4, 0.5) is 0 Å². The van der Waals surface area contributed by atoms with Gasteiger partial charge in [0.2, 0.25) is 5.91 Å². The Morgan fingerprint density at radius 3 is 2.34 bits per heavy atom. The first kappa shape index (κ1) is 23.7. The van der Waals surface area contributed by atoms with E-state index < -0.39 is 6.04 Å². The average molecular weight is 486 g/mol. The molecule has 1 aliphatic carbocycles. The van der Waals surface area contributed by atoms with Gasteiger partial charge in [-0.3, -0.25) is 9.69 Å². The largest absolute Gasteiger partial charge is 0.340 e. The van der Waals surface area contributed by atoms with Crippen molar-refractivity contribution < 1.29 is 4.79 Å². The zero-order chi connectivity index (χ0) is 24.2. The summed E-state index contributed by atoms with van der Waals surface area (Å²) in [5, 5.41) is 12.6. The van der Waals surface area contributed by atoms with E-state index in [9.17, 15) is 10.1 Å². The first-order valence-corrected chi connectivity index (χ1v) is 13.1. The fourth-order valence-electron chi connectivity index (χ4n) is 4.92. The molecule has 0 bridgehead atoms. The van der Waals surface area contributed by atoms with Crippen molar-refractivity contribution in [2.24, 2.45) is 5.92 Å². The molecule has 180 valence electrons. The minimum Gasteiger partial charge on any atom is -0.340 e. The lowest BCUT2D eigenvalue weighted by Crippen LogP contribution is -2.43. The number of hydrogen-bond donors (Lipinski definition) is 1. The smallest absolute Gasteiger partial charge is 0.224 e. The van der Waals surface area contributed by atoms with Crippen LogP contribution < -0.4 is 5.32 Å². The molecule has 1 amide bonds. The van der Waals surface area contributed by atoms with Crippen molar-refractivity contribution in [2.45, 2.75) is 31.8 Å². The average Bonchev–Trinajstić information content (AvgIpc) is 3.49. The van der Waals surface area contributed by atoms with Crippen LogP contribution in [0.3, 0.4) is 0 Å². The quantitative estimate of drug-likeness (QED) is 0.554. The topological polar surface area (TPSA) is 72.3 Å². The van der Waals surface area contributed by atoms with Crippen LogP contribution in [0.1, 0.15) is 21.6 Å². The van der Waals surface area contributed by atoms with Gasteiger partial charge in [0.1, 0.15) is 6.04 Å². The van der Waals surface area contributed by atoms with Crippen molar-refractivity contribution in [1.29, 1.82) is 5.26 Å². The number of carbonyl (C=O) groups excluding carboxylic acids is 1. The molecule has 2 aliphatic rings. The van der Waals surface area contributed by atoms with Crippen LogP contribution in [0.25, 0.3) is 11.1 Å². The molecule has 6 nitrogen and oxygen atoms in total. The Hall–Kier alpha value is -3.05. The molecule has 7 heteroatoms. The second-order valence-electron chi connectivity index (χ2n) is 9.75. The fourth-order valence-corrected chi connectivity index (χ4v) is 5.76. The minimum absolute atomic E-state index is 0.0340. The van der Waals surface area contributed by atoms with E-state index in [1.807, 2.05) is 6.20 Å². The van der Waals surface area contributed by atoms with Crippen LogP contribution in [-0.4, -0.2) is 59.3 Å². The molecule has 3 aromatic rings. The van der Waals surface area contributed by atoms with Crippen molar-refractivity contribution >= 4 is 17.4 Å². The highest BCUT2D eigenvalue weighted by Crippen LogP contribution is 2.29. The van der Waals surface area contributed by atoms with Gasteiger partial charge in [-0.25, -0.2) is 4.37 Å². The normalized spacial score (nSPS) is 19.1. The van der Waals surface area contributed by atoms with Crippen molar-refractivity contribution in [1.82, 2.24) is 19.5 Å². The molecule has 2 atom stereocenters. The lowest BCUT2D eigenvalue weighted by Gasteiger charge is -2.32. The Morgan fingerprint density at radius 2 is 1.71 bits per heavy atom. The third kappa shape index (κ3) is 5.79. The molecule has 5 rings (SSSR count). The molecule has 1 aliphatic heterocycles. The summed E-state index contributed by atoms with van der Waals surface area (Å²) < 4.78 is 4.18. The highest BCUT2D eigenvalue weighted by atomic mass is 32.1. The van der Waals surface area contributed by atoms with Crippen LogP contribution in [0.5, 0.6) is 0 Å². The number of nitriles is 1. The summed E-state index contributed by atoms with van der Waals surface area (Å²) >= 11 is 1.47. The van der Waals surface area contributed by atoms with Gasteiger partial charge in [-0.15, -0.1) is 0 Å². The number of fused-ring (bicyclic) bond motifs is 1. The van der Waals surface area contributed by atoms with Gasteiger partial charge < -0.3 is 10.2 Å². The number of benzene rings is 2. The third-order valence-electron chi connectivity index (χ3n) is 7.15. The Balaban J connectivity index is 1.14. The second-order valence-corrected chi connectivity index (χ2v) is 10.6. The van der Waals surface area contributed by atoms with E-state index in [-0.39, 0.29) is 11.8 Å². The highest BCUT2D eigenvalue weighted by molar-refractivity contribution is 7.05. The number of hydrogen-bond acceptors (Lipinski definition) is 6. The van der Waals surface area contributed by atoms with Crippen LogP contribution in [0.2, 0.25) is 0 Å². The maximum Gasteiger partial charge on any atom is 0.224 e. The maximum atomic E-state index is 12.7. The number of rotatable bonds is 7. The van der Waals surface area contributed by atoms with E-state index in [1.54, 1.807) is 0 Å². The summed E-state index contributed by atoms with van der Waals surface area (Å²) in [6.45, 7) is 5.51. The molecule has 1 fully saturated rings. The fraction of sp³-hybridized carbons (Fsp3) is 0.393. The molecular formula is C28H31N5OS. The predicted molar refractivity (Wildman–Crippen MR) is 139 cm³/mol. The summed E-state index contributed by atoms with van der Waals surface area (Å²) in [4.78, 5) is 18.8. The molecule has 2 unspecified atom stereocenters. The number of piperazine rings is 1. The summed E-state index contributed by atoms with van der Waals surface area (Å²) in [5.41, 5.74) is 5.90. The summed E-state index contributed by atoms with van der Waals surface area (Å²) in [6.07, 6.45) is 3.81. The van der Waals surface area contributed by atoms with Crippen LogP contribution in [-0.2, 0) is 30.6 Å². The number of amides is 1. The van der Waals surface area contributed by atoms with Gasteiger partial charge in [-0.1, -0.05) is 48.5 Å². The summed E-state index contributed by atoms with van der Waals surface area (Å²) in [7, 11) is 2.18. The third-order valence-corrected chi connectivity index (χ3v) is 8.01. The molecule has 1 saturated heterocycles. The van der Waals surface area contributed by atoms with Crippen LogP contribution >= 0.6 is 11.5 Å². The van der Waals surface area contributed by atoms with Gasteiger partial charge in [-0.05, 0) is 59.2 Å². The van der Waals surface area contributed by atoms with Gasteiger partial charge in [0.25, 0.3) is 0 Å². The molecule has 1 aromatic heterocycles. The molecule has 0 spiro atoms. The predicted octanol–water partition coefficient (Wildman–Crippen LogP) is 3.52. The molecule has 35 heavy (non-hydrogen) atoms. The SMILES string of the molecule is CN1CCN(Cc2ccc(-c3ccc(CC(C#N)NC(=O)C4Cc5cnsc5C4)cc3)cc2)CC1. The van der Waals surface area contributed by atoms with E-state index in [2.05, 4.69) is 81.1 Å². The number of carbonyl (C=O) groups is 1. The Morgan fingerprint density at radius 1 is 1.06 bits per heavy atom. The van der Waals surface area contributed by atoms with Gasteiger partial charge in [0.15, 0.2) is 0 Å². The van der Waals surface area contributed by atoms with E-state index >= 15 is 0 Å². The molecule has 0 saturated carbocycles. The molecular weight excluding hydrogens is 454 g/mol. The summed E-state index contributed by atoms with van der Waals surface area (Å²) in [5.74, 6) is -0.120. The zero-order valence-electron chi connectivity index (χ0n) is 20.1. The monoisotopic (exact) mass is 485 g/mol. The van der Waals surface area contributed by atoms with Crippen molar-refractivity contribution in [3.63, 3.8) is 0 Å². The van der Waals surface area contributed by atoms with Crippen LogP contribution in [0.15, 0.2) is 54.7 Å². The molecule has 2 aromatic carbocycles. The van der Waals surface area contributed by atoms with Gasteiger partial charge in [0.05, 0.1) is 6.07 Å². The number of nitrogens with one attached hydrogen (secondary N) is 1. The lowest BCUT2D eigenvalue weighted by molar-refractivity contribution is -0.125. The van der Waals surface area contributed by atoms with Crippen molar-refractivity contribution in [2.75, 3.05) is 33.2 Å². The van der Waals surface area contributed by atoms with E-state index in [4.69, 9.17) is 0 Å². The Labute approximate surface area is 211 Å². The van der Waals surface area contributed by atoms with Crippen molar-refractivity contribution in [3.05, 3.63) is 76.3 Å². The van der Waals surface area contributed by atoms with Gasteiger partial charge in [-0.2, -0.15) is 5.26 Å². The van der Waals surface area contributed by atoms with Gasteiger partial charge >= 0.3 is 0 Å². The first-order chi connectivity index (χ1) is 17.1. The second kappa shape index (κ2) is 10.7. The van der Waals surface area contributed by atoms with E-state index in [1.165, 1.54) is 33.1 Å². The Bertz CT molecular complexity index is 1170. The van der Waals surface area contributed by atoms with E-state index in [0.29, 0.717) is 6.42 Å². The van der Waals surface area contributed by atoms with E-state index in [0.717, 1.165) is 56.7 Å². The molecule has 1 N–H and O–H groups in total. The minimum atomic E-state index is -0.529. The molecule has 0 radical (unpaired) electrons. The van der Waals surface area contributed by atoms with Gasteiger partial charge in [0, 0.05) is 56.1 Å². The van der Waals surface area contributed by atoms with Crippen molar-refractivity contribution in [3.8, 4) is 17.2 Å². The summed E-state index contributed by atoms with van der Waals surface area (Å²) in [6, 6.07) is 18.9. The van der Waals surface area contributed by atoms with Crippen LogP contribution in [0, 0.1) is 17.2 Å². The maximum absolute atomic E-state index is 12.7.